The Labute approximate surface area is 181 Å². The number of allylic oxidation sites excluding steroid dienone is 1. The lowest BCUT2D eigenvalue weighted by molar-refractivity contribution is -0.138. The van der Waals surface area contributed by atoms with Crippen molar-refractivity contribution in [2.24, 2.45) is 0 Å². The molecule has 0 aliphatic carbocycles. The van der Waals surface area contributed by atoms with Crippen LogP contribution in [0.15, 0.2) is 29.6 Å². The van der Waals surface area contributed by atoms with Gasteiger partial charge in [0.15, 0.2) is 0 Å². The normalized spacial score (nSPS) is 19.2. The smallest absolute Gasteiger partial charge is 0.336 e. The van der Waals surface area contributed by atoms with Crippen LogP contribution < -0.4 is 15.4 Å². The zero-order valence-corrected chi connectivity index (χ0v) is 18.4. The quantitative estimate of drug-likeness (QED) is 0.589. The number of carbonyl (C=O) groups excluding carboxylic acids is 1. The van der Waals surface area contributed by atoms with E-state index in [1.807, 2.05) is 32.9 Å². The van der Waals surface area contributed by atoms with Crippen LogP contribution in [0.5, 0.6) is 5.75 Å². The highest BCUT2D eigenvalue weighted by atomic mass is 35.5. The van der Waals surface area contributed by atoms with Crippen molar-refractivity contribution in [1.82, 2.24) is 10.2 Å². The molecular formula is C22H27ClN4O3. The van der Waals surface area contributed by atoms with E-state index in [1.165, 1.54) is 0 Å². The van der Waals surface area contributed by atoms with Crippen LogP contribution in [0.2, 0.25) is 5.02 Å². The van der Waals surface area contributed by atoms with Crippen LogP contribution in [0.3, 0.4) is 0 Å². The summed E-state index contributed by atoms with van der Waals surface area (Å²) < 4.78 is 11.8. The van der Waals surface area contributed by atoms with E-state index < -0.39 is 11.5 Å². The lowest BCUT2D eigenvalue weighted by atomic mass is 9.81. The number of esters is 1. The SMILES string of the molecule is CCCC1=C(C(=O)OCC)C(c2cc(Cl)cc3c2OC(C)(C)CN3)c2cn[nH]c2N1. The first-order valence-corrected chi connectivity index (χ1v) is 10.7. The summed E-state index contributed by atoms with van der Waals surface area (Å²) in [7, 11) is 0. The molecule has 2 aliphatic rings. The molecule has 2 aliphatic heterocycles. The number of aromatic amines is 1. The molecule has 4 rings (SSSR count). The molecule has 3 heterocycles. The molecule has 0 amide bonds. The maximum atomic E-state index is 13.1. The highest BCUT2D eigenvalue weighted by Crippen LogP contribution is 2.49. The van der Waals surface area contributed by atoms with Crippen LogP contribution in [-0.4, -0.2) is 34.9 Å². The van der Waals surface area contributed by atoms with Gasteiger partial charge >= 0.3 is 5.97 Å². The number of benzene rings is 1. The van der Waals surface area contributed by atoms with Crippen molar-refractivity contribution in [3.63, 3.8) is 0 Å². The average molecular weight is 431 g/mol. The molecule has 30 heavy (non-hydrogen) atoms. The second-order valence-electron chi connectivity index (χ2n) is 8.21. The first-order chi connectivity index (χ1) is 14.3. The summed E-state index contributed by atoms with van der Waals surface area (Å²) in [5, 5.41) is 14.6. The Bertz CT molecular complexity index is 1010. The van der Waals surface area contributed by atoms with Crippen molar-refractivity contribution in [3.8, 4) is 5.75 Å². The van der Waals surface area contributed by atoms with E-state index in [2.05, 4.69) is 27.8 Å². The fraction of sp³-hybridized carbons (Fsp3) is 0.455. The van der Waals surface area contributed by atoms with E-state index in [4.69, 9.17) is 21.1 Å². The minimum Gasteiger partial charge on any atom is -0.484 e. The van der Waals surface area contributed by atoms with Crippen LogP contribution in [0, 0.1) is 0 Å². The lowest BCUT2D eigenvalue weighted by Crippen LogP contribution is -2.40. The molecule has 2 aromatic rings. The Kier molecular flexibility index (Phi) is 5.40. The molecule has 3 N–H and O–H groups in total. The number of anilines is 2. The third kappa shape index (κ3) is 3.62. The summed E-state index contributed by atoms with van der Waals surface area (Å²) in [5.74, 6) is 0.714. The minimum absolute atomic E-state index is 0.297. The van der Waals surface area contributed by atoms with E-state index in [1.54, 1.807) is 6.20 Å². The molecule has 0 bridgehead atoms. The number of nitrogens with one attached hydrogen (secondary N) is 3. The van der Waals surface area contributed by atoms with Gasteiger partial charge in [0.05, 0.1) is 36.5 Å². The van der Waals surface area contributed by atoms with Gasteiger partial charge in [-0.15, -0.1) is 0 Å². The van der Waals surface area contributed by atoms with Crippen LogP contribution in [-0.2, 0) is 9.53 Å². The molecule has 0 radical (unpaired) electrons. The molecule has 1 aromatic carbocycles. The van der Waals surface area contributed by atoms with Crippen molar-refractivity contribution in [1.29, 1.82) is 0 Å². The highest BCUT2D eigenvalue weighted by molar-refractivity contribution is 6.31. The predicted octanol–water partition coefficient (Wildman–Crippen LogP) is 4.82. The van der Waals surface area contributed by atoms with Crippen LogP contribution >= 0.6 is 11.6 Å². The van der Waals surface area contributed by atoms with Gasteiger partial charge in [0, 0.05) is 21.8 Å². The van der Waals surface area contributed by atoms with Gasteiger partial charge in [-0.25, -0.2) is 4.79 Å². The van der Waals surface area contributed by atoms with Gasteiger partial charge in [0.25, 0.3) is 0 Å². The summed E-state index contributed by atoms with van der Waals surface area (Å²) in [6, 6.07) is 3.73. The van der Waals surface area contributed by atoms with Crippen LogP contribution in [0.1, 0.15) is 57.6 Å². The summed E-state index contributed by atoms with van der Waals surface area (Å²) in [6.07, 6.45) is 3.32. The molecule has 7 nitrogen and oxygen atoms in total. The molecule has 1 aromatic heterocycles. The third-order valence-electron chi connectivity index (χ3n) is 5.34. The van der Waals surface area contributed by atoms with Crippen molar-refractivity contribution < 1.29 is 14.3 Å². The van der Waals surface area contributed by atoms with E-state index >= 15 is 0 Å². The number of hydrogen-bond acceptors (Lipinski definition) is 6. The zero-order valence-electron chi connectivity index (χ0n) is 17.7. The number of aromatic nitrogens is 2. The van der Waals surface area contributed by atoms with Crippen molar-refractivity contribution in [3.05, 3.63) is 45.7 Å². The zero-order chi connectivity index (χ0) is 21.5. The molecule has 160 valence electrons. The number of nitrogens with zero attached hydrogens (tertiary/aromatic N) is 1. The molecule has 0 spiro atoms. The Morgan fingerprint density at radius 1 is 1.33 bits per heavy atom. The second kappa shape index (κ2) is 7.87. The summed E-state index contributed by atoms with van der Waals surface area (Å²) in [4.78, 5) is 13.1. The number of rotatable bonds is 5. The standard InChI is InChI=1S/C22H27ClN4O3/c1-5-7-15-18(21(28)29-6-2)17(14-10-25-27-20(14)26-15)13-8-12(23)9-16-19(13)30-22(3,4)11-24-16/h8-10,17,24H,5-7,11H2,1-4H3,(H2,25,26,27). The van der Waals surface area contributed by atoms with E-state index in [0.29, 0.717) is 35.9 Å². The highest BCUT2D eigenvalue weighted by Gasteiger charge is 2.39. The fourth-order valence-electron chi connectivity index (χ4n) is 4.08. The Hall–Kier alpha value is -2.67. The van der Waals surface area contributed by atoms with Crippen LogP contribution in [0.4, 0.5) is 11.5 Å². The van der Waals surface area contributed by atoms with Gasteiger partial charge in [-0.05, 0) is 39.3 Å². The Balaban J connectivity index is 1.96. The maximum absolute atomic E-state index is 13.1. The Morgan fingerprint density at radius 3 is 2.87 bits per heavy atom. The fourth-order valence-corrected chi connectivity index (χ4v) is 4.30. The number of ether oxygens (including phenoxy) is 2. The van der Waals surface area contributed by atoms with Crippen molar-refractivity contribution in [2.75, 3.05) is 23.8 Å². The van der Waals surface area contributed by atoms with E-state index in [0.717, 1.165) is 34.8 Å². The summed E-state index contributed by atoms with van der Waals surface area (Å²) >= 11 is 6.49. The summed E-state index contributed by atoms with van der Waals surface area (Å²) in [5.41, 5.74) is 3.49. The molecule has 0 fully saturated rings. The topological polar surface area (TPSA) is 88.3 Å². The van der Waals surface area contributed by atoms with E-state index in [9.17, 15) is 4.79 Å². The van der Waals surface area contributed by atoms with Gasteiger partial charge in [-0.1, -0.05) is 24.9 Å². The van der Waals surface area contributed by atoms with Gasteiger partial charge in [-0.3, -0.25) is 5.10 Å². The lowest BCUT2D eigenvalue weighted by Gasteiger charge is -2.37. The van der Waals surface area contributed by atoms with Gasteiger partial charge < -0.3 is 20.1 Å². The first kappa shape index (κ1) is 20.6. The number of carbonyl (C=O) groups is 1. The monoisotopic (exact) mass is 430 g/mol. The number of halogens is 1. The number of hydrogen-bond donors (Lipinski definition) is 3. The Morgan fingerprint density at radius 2 is 2.13 bits per heavy atom. The maximum Gasteiger partial charge on any atom is 0.336 e. The molecule has 0 saturated carbocycles. The second-order valence-corrected chi connectivity index (χ2v) is 8.64. The molecule has 1 atom stereocenters. The number of fused-ring (bicyclic) bond motifs is 2. The minimum atomic E-state index is -0.413. The molecule has 8 heteroatoms. The number of H-pyrrole nitrogens is 1. The summed E-state index contributed by atoms with van der Waals surface area (Å²) in [6.45, 7) is 8.89. The molecule has 0 saturated heterocycles. The predicted molar refractivity (Wildman–Crippen MR) is 117 cm³/mol. The van der Waals surface area contributed by atoms with E-state index in [-0.39, 0.29) is 5.97 Å². The van der Waals surface area contributed by atoms with Gasteiger partial charge in [-0.2, -0.15) is 5.10 Å². The average Bonchev–Trinajstić information content (AvgIpc) is 3.15. The first-order valence-electron chi connectivity index (χ1n) is 10.3. The third-order valence-corrected chi connectivity index (χ3v) is 5.56. The van der Waals surface area contributed by atoms with Crippen LogP contribution in [0.25, 0.3) is 0 Å². The van der Waals surface area contributed by atoms with Gasteiger partial charge in [0.1, 0.15) is 17.2 Å². The van der Waals surface area contributed by atoms with Crippen molar-refractivity contribution in [2.45, 2.75) is 52.1 Å². The molecular weight excluding hydrogens is 404 g/mol. The van der Waals surface area contributed by atoms with Crippen molar-refractivity contribution >= 4 is 29.1 Å². The molecule has 1 unspecified atom stereocenters. The van der Waals surface area contributed by atoms with Gasteiger partial charge in [0.2, 0.25) is 0 Å². The largest absolute Gasteiger partial charge is 0.484 e.